The van der Waals surface area contributed by atoms with Crippen LogP contribution in [0, 0.1) is 5.82 Å². The molecule has 1 unspecified atom stereocenters. The summed E-state index contributed by atoms with van der Waals surface area (Å²) in [5, 5.41) is 20.0. The van der Waals surface area contributed by atoms with Gasteiger partial charge in [-0.05, 0) is 0 Å². The molecule has 0 aliphatic carbocycles. The van der Waals surface area contributed by atoms with Gasteiger partial charge in [0.2, 0.25) is 0 Å². The number of nitrogens with one attached hydrogen (secondary N) is 2. The first kappa shape index (κ1) is 16.8. The maximum absolute atomic E-state index is 14.7. The zero-order valence-corrected chi connectivity index (χ0v) is 13.6. The first-order valence-corrected chi connectivity index (χ1v) is 7.62. The maximum Gasteiger partial charge on any atom is 0.170 e. The predicted octanol–water partition coefficient (Wildman–Crippen LogP) is 0.101. The van der Waals surface area contributed by atoms with Crippen LogP contribution in [0.25, 0.3) is 11.3 Å². The number of nitrogens with zero attached hydrogens (tertiary/aromatic N) is 3. The molecule has 24 heavy (non-hydrogen) atoms. The van der Waals surface area contributed by atoms with Gasteiger partial charge in [0.05, 0.1) is 18.5 Å². The minimum atomic E-state index is -0.956. The Balaban J connectivity index is 1.99. The van der Waals surface area contributed by atoms with Crippen LogP contribution in [-0.4, -0.2) is 46.2 Å². The van der Waals surface area contributed by atoms with Crippen molar-refractivity contribution in [2.24, 2.45) is 12.8 Å². The number of anilines is 1. The molecule has 0 fully saturated rings. The molecule has 0 spiro atoms. The van der Waals surface area contributed by atoms with Crippen molar-refractivity contribution in [2.75, 3.05) is 25.6 Å². The highest BCUT2D eigenvalue weighted by atomic mass is 19.1. The molecule has 0 aromatic carbocycles. The van der Waals surface area contributed by atoms with Crippen molar-refractivity contribution >= 4 is 5.82 Å². The number of aromatic nitrogens is 3. The molecular weight excluding hydrogens is 315 g/mol. The van der Waals surface area contributed by atoms with Gasteiger partial charge in [-0.2, -0.15) is 5.10 Å². The lowest BCUT2D eigenvalue weighted by atomic mass is 10.0. The van der Waals surface area contributed by atoms with E-state index in [1.54, 1.807) is 31.2 Å². The summed E-state index contributed by atoms with van der Waals surface area (Å²) < 4.78 is 21.3. The van der Waals surface area contributed by atoms with Crippen LogP contribution in [0.15, 0.2) is 12.4 Å². The van der Waals surface area contributed by atoms with E-state index in [0.717, 1.165) is 0 Å². The average Bonchev–Trinajstić information content (AvgIpc) is 3.14. The molecule has 2 aromatic rings. The average molecular weight is 336 g/mol. The Bertz CT molecular complexity index is 735. The van der Waals surface area contributed by atoms with Crippen LogP contribution in [0.3, 0.4) is 0 Å². The van der Waals surface area contributed by atoms with Crippen LogP contribution >= 0.6 is 0 Å². The van der Waals surface area contributed by atoms with E-state index in [9.17, 15) is 9.50 Å². The Morgan fingerprint density at radius 3 is 3.08 bits per heavy atom. The van der Waals surface area contributed by atoms with Gasteiger partial charge in [-0.15, -0.1) is 0 Å². The second kappa shape index (κ2) is 6.81. The monoisotopic (exact) mass is 336 g/mol. The van der Waals surface area contributed by atoms with Gasteiger partial charge >= 0.3 is 0 Å². The van der Waals surface area contributed by atoms with E-state index in [-0.39, 0.29) is 18.4 Å². The molecule has 3 heterocycles. The normalized spacial score (nSPS) is 17.8. The lowest BCUT2D eigenvalue weighted by Crippen LogP contribution is -2.33. The molecule has 3 rings (SSSR count). The Morgan fingerprint density at radius 2 is 2.42 bits per heavy atom. The van der Waals surface area contributed by atoms with Crippen molar-refractivity contribution in [3.05, 3.63) is 29.3 Å². The van der Waals surface area contributed by atoms with Crippen molar-refractivity contribution in [1.82, 2.24) is 20.1 Å². The quantitative estimate of drug-likeness (QED) is 0.592. The second-order valence-electron chi connectivity index (χ2n) is 5.80. The molecule has 2 atom stereocenters. The summed E-state index contributed by atoms with van der Waals surface area (Å²) in [7, 11) is 3.34. The molecule has 1 aliphatic rings. The minimum absolute atomic E-state index is 0.107. The molecule has 9 heteroatoms. The fourth-order valence-electron chi connectivity index (χ4n) is 2.77. The van der Waals surface area contributed by atoms with E-state index < -0.39 is 12.0 Å². The predicted molar refractivity (Wildman–Crippen MR) is 86.5 cm³/mol. The van der Waals surface area contributed by atoms with Gasteiger partial charge in [0.15, 0.2) is 11.6 Å². The third-order valence-corrected chi connectivity index (χ3v) is 3.91. The Hall–Kier alpha value is -2.07. The number of halogens is 1. The van der Waals surface area contributed by atoms with E-state index >= 15 is 0 Å². The SMILES string of the molecule is COC[C@H](N)CNc1nc(-c2cnn(C)c2)c2c(c1F)CNC2O. The topological polar surface area (TPSA) is 110 Å². The number of aliphatic hydroxyl groups excluding tert-OH is 1. The molecule has 5 N–H and O–H groups in total. The summed E-state index contributed by atoms with van der Waals surface area (Å²) in [4.78, 5) is 4.37. The Morgan fingerprint density at radius 1 is 1.62 bits per heavy atom. The molecule has 1 aliphatic heterocycles. The molecular formula is C15H21FN6O2. The smallest absolute Gasteiger partial charge is 0.170 e. The van der Waals surface area contributed by atoms with Crippen LogP contribution in [0.1, 0.15) is 17.4 Å². The second-order valence-corrected chi connectivity index (χ2v) is 5.80. The molecule has 0 saturated carbocycles. The van der Waals surface area contributed by atoms with Crippen LogP contribution in [-0.2, 0) is 18.3 Å². The molecule has 0 amide bonds. The number of aryl methyl sites for hydroxylation is 1. The summed E-state index contributed by atoms with van der Waals surface area (Å²) in [6, 6.07) is -0.282. The zero-order valence-electron chi connectivity index (χ0n) is 13.6. The highest BCUT2D eigenvalue weighted by Gasteiger charge is 2.30. The lowest BCUT2D eigenvalue weighted by molar-refractivity contribution is 0.151. The summed E-state index contributed by atoms with van der Waals surface area (Å²) >= 11 is 0. The number of rotatable bonds is 6. The van der Waals surface area contributed by atoms with Crippen molar-refractivity contribution in [1.29, 1.82) is 0 Å². The van der Waals surface area contributed by atoms with Gasteiger partial charge in [-0.3, -0.25) is 10.00 Å². The highest BCUT2D eigenvalue weighted by Crippen LogP contribution is 2.36. The number of methoxy groups -OCH3 is 1. The first-order chi connectivity index (χ1) is 11.5. The number of fused-ring (bicyclic) bond motifs is 1. The number of hydrogen-bond acceptors (Lipinski definition) is 7. The fraction of sp³-hybridized carbons (Fsp3) is 0.467. The summed E-state index contributed by atoms with van der Waals surface area (Å²) in [6.07, 6.45) is 2.44. The summed E-state index contributed by atoms with van der Waals surface area (Å²) in [6.45, 7) is 0.908. The largest absolute Gasteiger partial charge is 0.383 e. The standard InChI is InChI=1S/C15H21FN6O2/c1-22-6-8(3-20-22)13-11-10(5-19-15(11)23)12(16)14(21-13)18-4-9(17)7-24-2/h3,6,9,15,19,23H,4-5,7,17H2,1-2H3,(H,18,21)/t9-,15?/m1/s1. The third kappa shape index (κ3) is 3.11. The minimum Gasteiger partial charge on any atom is -0.383 e. The fourth-order valence-corrected chi connectivity index (χ4v) is 2.77. The van der Waals surface area contributed by atoms with E-state index in [0.29, 0.717) is 35.5 Å². The van der Waals surface area contributed by atoms with E-state index in [4.69, 9.17) is 10.5 Å². The Labute approximate surface area is 138 Å². The van der Waals surface area contributed by atoms with Crippen LogP contribution in [0.4, 0.5) is 10.2 Å². The van der Waals surface area contributed by atoms with Gasteiger partial charge in [0.1, 0.15) is 6.23 Å². The van der Waals surface area contributed by atoms with Gasteiger partial charge < -0.3 is 20.9 Å². The van der Waals surface area contributed by atoms with Crippen molar-refractivity contribution in [2.45, 2.75) is 18.8 Å². The number of pyridine rings is 1. The van der Waals surface area contributed by atoms with Crippen molar-refractivity contribution in [3.63, 3.8) is 0 Å². The first-order valence-electron chi connectivity index (χ1n) is 7.62. The molecule has 0 saturated heterocycles. The molecule has 130 valence electrons. The van der Waals surface area contributed by atoms with Crippen molar-refractivity contribution < 1.29 is 14.2 Å². The number of hydrogen-bond donors (Lipinski definition) is 4. The number of aliphatic hydroxyl groups is 1. The molecule has 2 aromatic heterocycles. The lowest BCUT2D eigenvalue weighted by Gasteiger charge is -2.16. The number of ether oxygens (including phenoxy) is 1. The van der Waals surface area contributed by atoms with E-state index in [2.05, 4.69) is 20.7 Å². The van der Waals surface area contributed by atoms with E-state index in [1.165, 1.54) is 0 Å². The van der Waals surface area contributed by atoms with Gasteiger partial charge in [-0.25, -0.2) is 9.37 Å². The van der Waals surface area contributed by atoms with Gasteiger partial charge in [0.25, 0.3) is 0 Å². The number of nitrogens with two attached hydrogens (primary N) is 1. The van der Waals surface area contributed by atoms with Gasteiger partial charge in [-0.1, -0.05) is 0 Å². The van der Waals surface area contributed by atoms with E-state index in [1.807, 2.05) is 0 Å². The summed E-state index contributed by atoms with van der Waals surface area (Å²) in [5.41, 5.74) is 7.93. The third-order valence-electron chi connectivity index (χ3n) is 3.91. The van der Waals surface area contributed by atoms with Crippen molar-refractivity contribution in [3.8, 4) is 11.3 Å². The maximum atomic E-state index is 14.7. The molecule has 0 bridgehead atoms. The Kier molecular flexibility index (Phi) is 4.76. The zero-order chi connectivity index (χ0) is 17.3. The van der Waals surface area contributed by atoms with Gasteiger partial charge in [0, 0.05) is 56.2 Å². The van der Waals surface area contributed by atoms with Crippen LogP contribution in [0.5, 0.6) is 0 Å². The van der Waals surface area contributed by atoms with Crippen LogP contribution < -0.4 is 16.4 Å². The van der Waals surface area contributed by atoms with Crippen LogP contribution in [0.2, 0.25) is 0 Å². The molecule has 8 nitrogen and oxygen atoms in total. The highest BCUT2D eigenvalue weighted by molar-refractivity contribution is 5.68. The summed E-state index contributed by atoms with van der Waals surface area (Å²) in [5.74, 6) is -0.374. The molecule has 0 radical (unpaired) electrons.